The number of ketones is 2. The maximum Gasteiger partial charge on any atom is 0.319 e. The summed E-state index contributed by atoms with van der Waals surface area (Å²) in [6.07, 6.45) is 2.04. The van der Waals surface area contributed by atoms with E-state index in [-0.39, 0.29) is 30.8 Å². The number of carbonyl (C=O) groups is 3. The summed E-state index contributed by atoms with van der Waals surface area (Å²) in [6.45, 7) is 6.89. The van der Waals surface area contributed by atoms with Crippen molar-refractivity contribution in [2.75, 3.05) is 0 Å². The van der Waals surface area contributed by atoms with Gasteiger partial charge in [-0.25, -0.2) is 0 Å². The van der Waals surface area contributed by atoms with E-state index in [1.54, 1.807) is 6.92 Å². The van der Waals surface area contributed by atoms with Crippen molar-refractivity contribution >= 4 is 17.5 Å². The Morgan fingerprint density at radius 3 is 2.22 bits per heavy atom. The first-order chi connectivity index (χ1) is 8.29. The molecule has 0 aromatic carbocycles. The first-order valence-corrected chi connectivity index (χ1v) is 6.56. The van der Waals surface area contributed by atoms with Gasteiger partial charge < -0.3 is 9.53 Å². The molecule has 4 heteroatoms. The van der Waals surface area contributed by atoms with Gasteiger partial charge in [0.1, 0.15) is 16.8 Å². The molecule has 0 radical (unpaired) electrons. The van der Waals surface area contributed by atoms with Crippen molar-refractivity contribution in [1.82, 2.24) is 0 Å². The van der Waals surface area contributed by atoms with Crippen LogP contribution in [0.25, 0.3) is 0 Å². The fourth-order valence-electron chi connectivity index (χ4n) is 2.26. The second-order valence-electron chi connectivity index (χ2n) is 5.41. The van der Waals surface area contributed by atoms with Crippen molar-refractivity contribution in [3.8, 4) is 0 Å². The van der Waals surface area contributed by atoms with Gasteiger partial charge in [0.25, 0.3) is 0 Å². The Kier molecular flexibility index (Phi) is 4.30. The highest BCUT2D eigenvalue weighted by atomic mass is 16.6. The van der Waals surface area contributed by atoms with Crippen molar-refractivity contribution in [3.05, 3.63) is 0 Å². The number of rotatable bonds is 5. The topological polar surface area (TPSA) is 60.4 Å². The summed E-state index contributed by atoms with van der Waals surface area (Å²) in [5.41, 5.74) is -1.77. The van der Waals surface area contributed by atoms with E-state index in [1.165, 1.54) is 6.92 Å². The summed E-state index contributed by atoms with van der Waals surface area (Å²) in [5.74, 6) is -0.577. The van der Waals surface area contributed by atoms with Crippen molar-refractivity contribution in [1.29, 1.82) is 0 Å². The first kappa shape index (κ1) is 14.9. The zero-order valence-corrected chi connectivity index (χ0v) is 11.7. The molecule has 1 aliphatic heterocycles. The van der Waals surface area contributed by atoms with Crippen LogP contribution in [-0.4, -0.2) is 23.1 Å². The highest BCUT2D eigenvalue weighted by Gasteiger charge is 2.52. The van der Waals surface area contributed by atoms with Gasteiger partial charge in [-0.1, -0.05) is 13.8 Å². The van der Waals surface area contributed by atoms with Gasteiger partial charge in [0.05, 0.1) is 0 Å². The lowest BCUT2D eigenvalue weighted by Gasteiger charge is -2.41. The van der Waals surface area contributed by atoms with E-state index in [1.807, 2.05) is 13.8 Å². The molecule has 18 heavy (non-hydrogen) atoms. The molecule has 1 aliphatic rings. The average molecular weight is 254 g/mol. The number of Topliss-reactive ketones (excluding diaryl/α,β-unsaturated/α-hetero) is 2. The molecule has 102 valence electrons. The summed E-state index contributed by atoms with van der Waals surface area (Å²) >= 11 is 0. The molecule has 1 rings (SSSR count). The monoisotopic (exact) mass is 254 g/mol. The van der Waals surface area contributed by atoms with Crippen molar-refractivity contribution < 1.29 is 19.1 Å². The Bertz CT molecular complexity index is 346. The fraction of sp³-hybridized carbons (Fsp3) is 0.786. The minimum absolute atomic E-state index is 0.0142. The molecule has 0 aromatic heterocycles. The lowest BCUT2D eigenvalue weighted by atomic mass is 9.72. The van der Waals surface area contributed by atoms with Crippen LogP contribution in [-0.2, 0) is 19.1 Å². The van der Waals surface area contributed by atoms with Crippen molar-refractivity contribution in [2.45, 2.75) is 65.4 Å². The molecular weight excluding hydrogens is 232 g/mol. The van der Waals surface area contributed by atoms with Crippen LogP contribution in [0.2, 0.25) is 0 Å². The van der Waals surface area contributed by atoms with Crippen molar-refractivity contribution in [2.24, 2.45) is 5.41 Å². The molecule has 0 amide bonds. The third-order valence-corrected chi connectivity index (χ3v) is 4.12. The Balaban J connectivity index is 2.90. The second kappa shape index (κ2) is 5.21. The molecule has 0 aromatic rings. The van der Waals surface area contributed by atoms with Crippen LogP contribution < -0.4 is 0 Å². The molecule has 0 spiro atoms. The largest absolute Gasteiger partial charge is 0.458 e. The lowest BCUT2D eigenvalue weighted by molar-refractivity contribution is -0.187. The van der Waals surface area contributed by atoms with Crippen LogP contribution in [0.5, 0.6) is 0 Å². The van der Waals surface area contributed by atoms with Gasteiger partial charge in [-0.15, -0.1) is 0 Å². The van der Waals surface area contributed by atoms with E-state index in [9.17, 15) is 14.4 Å². The molecule has 4 nitrogen and oxygen atoms in total. The van der Waals surface area contributed by atoms with Crippen LogP contribution in [0.3, 0.4) is 0 Å². The van der Waals surface area contributed by atoms with Gasteiger partial charge >= 0.3 is 5.97 Å². The predicted molar refractivity (Wildman–Crippen MR) is 67.1 cm³/mol. The molecule has 1 atom stereocenters. The van der Waals surface area contributed by atoms with E-state index in [0.29, 0.717) is 12.8 Å². The zero-order valence-electron chi connectivity index (χ0n) is 11.7. The van der Waals surface area contributed by atoms with Crippen molar-refractivity contribution in [3.63, 3.8) is 0 Å². The number of esters is 1. The minimum Gasteiger partial charge on any atom is -0.458 e. The maximum absolute atomic E-state index is 12.3. The Hall–Kier alpha value is -1.19. The second-order valence-corrected chi connectivity index (χ2v) is 5.41. The normalized spacial score (nSPS) is 26.9. The van der Waals surface area contributed by atoms with Gasteiger partial charge in [0, 0.05) is 12.8 Å². The first-order valence-electron chi connectivity index (χ1n) is 6.56. The summed E-state index contributed by atoms with van der Waals surface area (Å²) in [5, 5.41) is 0. The number of ether oxygens (including phenoxy) is 1. The highest BCUT2D eigenvalue weighted by molar-refractivity contribution is 6.06. The summed E-state index contributed by atoms with van der Waals surface area (Å²) in [4.78, 5) is 35.4. The van der Waals surface area contributed by atoms with Crippen LogP contribution in [0, 0.1) is 5.41 Å². The van der Waals surface area contributed by atoms with E-state index >= 15 is 0 Å². The third-order valence-electron chi connectivity index (χ3n) is 4.12. The maximum atomic E-state index is 12.3. The molecule has 0 saturated carbocycles. The fourth-order valence-corrected chi connectivity index (χ4v) is 2.26. The Morgan fingerprint density at radius 2 is 1.83 bits per heavy atom. The minimum atomic E-state index is -1.14. The molecule has 0 N–H and O–H groups in total. The quantitative estimate of drug-likeness (QED) is 0.558. The van der Waals surface area contributed by atoms with E-state index in [2.05, 4.69) is 0 Å². The summed E-state index contributed by atoms with van der Waals surface area (Å²) < 4.78 is 5.52. The molecule has 1 saturated heterocycles. The predicted octanol–water partition coefficient (Wildman–Crippen LogP) is 2.44. The van der Waals surface area contributed by atoms with Gasteiger partial charge in [0.15, 0.2) is 5.78 Å². The zero-order chi connectivity index (χ0) is 14.0. The average Bonchev–Trinajstić information content (AvgIpc) is 2.33. The molecular formula is C14H22O4. The number of carbonyl (C=O) groups excluding carboxylic acids is 3. The molecule has 1 heterocycles. The third kappa shape index (κ3) is 2.62. The van der Waals surface area contributed by atoms with Crippen LogP contribution in [0.15, 0.2) is 0 Å². The highest BCUT2D eigenvalue weighted by Crippen LogP contribution is 2.40. The lowest BCUT2D eigenvalue weighted by Crippen LogP contribution is -2.52. The molecule has 0 unspecified atom stereocenters. The Labute approximate surface area is 108 Å². The van der Waals surface area contributed by atoms with Crippen LogP contribution in [0.4, 0.5) is 0 Å². The summed E-state index contributed by atoms with van der Waals surface area (Å²) in [6, 6.07) is 0. The van der Waals surface area contributed by atoms with Crippen LogP contribution >= 0.6 is 0 Å². The van der Waals surface area contributed by atoms with E-state index < -0.39 is 17.0 Å². The summed E-state index contributed by atoms with van der Waals surface area (Å²) in [7, 11) is 0. The van der Waals surface area contributed by atoms with E-state index in [4.69, 9.17) is 4.74 Å². The van der Waals surface area contributed by atoms with Gasteiger partial charge in [-0.2, -0.15) is 0 Å². The van der Waals surface area contributed by atoms with Crippen LogP contribution in [0.1, 0.15) is 59.8 Å². The molecule has 0 bridgehead atoms. The standard InChI is InChI=1S/C14H22O4/c1-5-14(6-2)9-11(16)13(4,12(17)18-14)8-7-10(3)15/h5-9H2,1-4H3/t13-/m1/s1. The van der Waals surface area contributed by atoms with Gasteiger partial charge in [0.2, 0.25) is 0 Å². The molecule has 1 fully saturated rings. The number of cyclic esters (lactones) is 1. The number of hydrogen-bond acceptors (Lipinski definition) is 4. The Morgan fingerprint density at radius 1 is 1.28 bits per heavy atom. The number of hydrogen-bond donors (Lipinski definition) is 0. The SMILES string of the molecule is CCC1(CC)CC(=O)[C@@](C)(CCC(C)=O)C(=O)O1. The smallest absolute Gasteiger partial charge is 0.319 e. The van der Waals surface area contributed by atoms with Gasteiger partial charge in [-0.05, 0) is 33.1 Å². The van der Waals surface area contributed by atoms with Gasteiger partial charge in [-0.3, -0.25) is 9.59 Å². The molecule has 0 aliphatic carbocycles. The van der Waals surface area contributed by atoms with E-state index in [0.717, 1.165) is 0 Å².